The number of carbonyl (C=O) groups excluding carboxylic acids is 1. The van der Waals surface area contributed by atoms with Gasteiger partial charge >= 0.3 is 5.97 Å². The van der Waals surface area contributed by atoms with Crippen LogP contribution in [0.2, 0.25) is 0 Å². The second-order valence-electron chi connectivity index (χ2n) is 6.60. The van der Waals surface area contributed by atoms with E-state index in [4.69, 9.17) is 4.42 Å². The van der Waals surface area contributed by atoms with Crippen LogP contribution in [0.1, 0.15) is 20.7 Å². The monoisotopic (exact) mass is 407 g/mol. The maximum absolute atomic E-state index is 14.4. The molecule has 150 valence electrons. The van der Waals surface area contributed by atoms with Crippen LogP contribution < -0.4 is 5.32 Å². The predicted octanol–water partition coefficient (Wildman–Crippen LogP) is 5.10. The van der Waals surface area contributed by atoms with E-state index in [-0.39, 0.29) is 22.5 Å². The zero-order chi connectivity index (χ0) is 21.4. The van der Waals surface area contributed by atoms with E-state index in [0.717, 1.165) is 6.07 Å². The normalized spacial score (nSPS) is 10.9. The Balaban J connectivity index is 1.95. The van der Waals surface area contributed by atoms with E-state index >= 15 is 0 Å². The smallest absolute Gasteiger partial charge is 0.335 e. The van der Waals surface area contributed by atoms with Gasteiger partial charge in [0.1, 0.15) is 23.0 Å². The Hall–Kier alpha value is -4.00. The molecule has 3 aromatic carbocycles. The van der Waals surface area contributed by atoms with Crippen molar-refractivity contribution in [2.24, 2.45) is 0 Å². The van der Waals surface area contributed by atoms with Gasteiger partial charge < -0.3 is 14.8 Å². The van der Waals surface area contributed by atoms with Gasteiger partial charge in [0.15, 0.2) is 0 Å². The van der Waals surface area contributed by atoms with Crippen molar-refractivity contribution in [3.05, 3.63) is 83.4 Å². The Morgan fingerprint density at radius 3 is 2.30 bits per heavy atom. The first kappa shape index (κ1) is 19.3. The third-order valence-corrected chi connectivity index (χ3v) is 4.77. The highest BCUT2D eigenvalue weighted by Crippen LogP contribution is 2.36. The highest BCUT2D eigenvalue weighted by molar-refractivity contribution is 6.11. The molecule has 0 aliphatic heterocycles. The molecule has 0 spiro atoms. The number of aromatic carboxylic acids is 1. The van der Waals surface area contributed by atoms with Gasteiger partial charge in [0.2, 0.25) is 0 Å². The third-order valence-electron chi connectivity index (χ3n) is 4.77. The van der Waals surface area contributed by atoms with Gasteiger partial charge in [-0.2, -0.15) is 0 Å². The van der Waals surface area contributed by atoms with E-state index in [1.165, 1.54) is 43.4 Å². The number of nitrogens with one attached hydrogen (secondary N) is 1. The number of rotatable bonds is 4. The first-order valence-electron chi connectivity index (χ1n) is 8.97. The molecule has 0 aliphatic rings. The third kappa shape index (κ3) is 3.30. The van der Waals surface area contributed by atoms with Crippen LogP contribution in [-0.4, -0.2) is 24.0 Å². The number of carboxylic acid groups (broad SMARTS) is 1. The summed E-state index contributed by atoms with van der Waals surface area (Å²) in [5.74, 6) is -2.37. The summed E-state index contributed by atoms with van der Waals surface area (Å²) in [7, 11) is 1.47. The molecule has 0 radical (unpaired) electrons. The van der Waals surface area contributed by atoms with Crippen LogP contribution in [0, 0.1) is 11.6 Å². The van der Waals surface area contributed by atoms with Gasteiger partial charge in [0.05, 0.1) is 11.1 Å². The van der Waals surface area contributed by atoms with Gasteiger partial charge in [0.25, 0.3) is 5.91 Å². The van der Waals surface area contributed by atoms with Crippen LogP contribution in [0.15, 0.2) is 65.1 Å². The summed E-state index contributed by atoms with van der Waals surface area (Å²) in [6.45, 7) is 0. The van der Waals surface area contributed by atoms with E-state index in [2.05, 4.69) is 5.32 Å². The van der Waals surface area contributed by atoms with Crippen molar-refractivity contribution in [1.82, 2.24) is 5.32 Å². The molecule has 4 rings (SSSR count). The van der Waals surface area contributed by atoms with E-state index in [1.54, 1.807) is 18.2 Å². The van der Waals surface area contributed by atoms with Crippen molar-refractivity contribution in [2.45, 2.75) is 0 Å². The summed E-state index contributed by atoms with van der Waals surface area (Å²) in [6, 6.07) is 13.7. The lowest BCUT2D eigenvalue weighted by molar-refractivity contribution is 0.0696. The average molecular weight is 407 g/mol. The van der Waals surface area contributed by atoms with Gasteiger partial charge in [-0.25, -0.2) is 13.6 Å². The molecule has 0 bridgehead atoms. The lowest BCUT2D eigenvalue weighted by atomic mass is 9.98. The second kappa shape index (κ2) is 7.44. The van der Waals surface area contributed by atoms with Crippen molar-refractivity contribution in [3.8, 4) is 22.5 Å². The zero-order valence-electron chi connectivity index (χ0n) is 15.7. The fourth-order valence-corrected chi connectivity index (χ4v) is 3.30. The van der Waals surface area contributed by atoms with Gasteiger partial charge in [-0.05, 0) is 60.2 Å². The minimum absolute atomic E-state index is 0.0581. The standard InChI is InChI=1S/C23H15F2NO4/c1-26-22(27)20-17-10-13(16-11-14(23(28)29)4-8-18(16)25)5-9-19(17)30-21(20)12-2-6-15(24)7-3-12/h2-11H,1H3,(H,26,27)(H,28,29). The topological polar surface area (TPSA) is 79.5 Å². The Morgan fingerprint density at radius 2 is 1.63 bits per heavy atom. The van der Waals surface area contributed by atoms with Crippen LogP contribution >= 0.6 is 0 Å². The van der Waals surface area contributed by atoms with Gasteiger partial charge in [-0.3, -0.25) is 4.79 Å². The minimum Gasteiger partial charge on any atom is -0.478 e. The summed E-state index contributed by atoms with van der Waals surface area (Å²) in [6.07, 6.45) is 0. The molecule has 30 heavy (non-hydrogen) atoms. The quantitative estimate of drug-likeness (QED) is 0.493. The van der Waals surface area contributed by atoms with Crippen molar-refractivity contribution in [2.75, 3.05) is 7.05 Å². The summed E-state index contributed by atoms with van der Waals surface area (Å²) in [5, 5.41) is 12.2. The number of furan rings is 1. The van der Waals surface area contributed by atoms with E-state index < -0.39 is 23.5 Å². The number of halogens is 2. The summed E-state index contributed by atoms with van der Waals surface area (Å²) >= 11 is 0. The van der Waals surface area contributed by atoms with Gasteiger partial charge in [-0.15, -0.1) is 0 Å². The van der Waals surface area contributed by atoms with Crippen LogP contribution in [0.4, 0.5) is 8.78 Å². The van der Waals surface area contributed by atoms with Crippen LogP contribution in [0.5, 0.6) is 0 Å². The lowest BCUT2D eigenvalue weighted by Gasteiger charge is -2.06. The zero-order valence-corrected chi connectivity index (χ0v) is 15.7. The summed E-state index contributed by atoms with van der Waals surface area (Å²) in [5.41, 5.74) is 1.52. The van der Waals surface area contributed by atoms with Crippen LogP contribution in [0.3, 0.4) is 0 Å². The molecule has 0 saturated heterocycles. The molecule has 5 nitrogen and oxygen atoms in total. The number of hydrogen-bond donors (Lipinski definition) is 2. The fourth-order valence-electron chi connectivity index (χ4n) is 3.30. The SMILES string of the molecule is CNC(=O)c1c(-c2ccc(F)cc2)oc2ccc(-c3cc(C(=O)O)ccc3F)cc12. The number of carbonyl (C=O) groups is 2. The summed E-state index contributed by atoms with van der Waals surface area (Å²) in [4.78, 5) is 23.9. The first-order chi connectivity index (χ1) is 14.4. The molecule has 1 aromatic heterocycles. The molecular formula is C23H15F2NO4. The number of fused-ring (bicyclic) bond motifs is 1. The van der Waals surface area contributed by atoms with Crippen molar-refractivity contribution < 1.29 is 27.9 Å². The van der Waals surface area contributed by atoms with E-state index in [9.17, 15) is 23.5 Å². The molecule has 0 aliphatic carbocycles. The number of benzene rings is 3. The first-order valence-corrected chi connectivity index (χ1v) is 8.97. The van der Waals surface area contributed by atoms with E-state index in [1.807, 2.05) is 0 Å². The molecule has 0 saturated carbocycles. The Bertz CT molecular complexity index is 1290. The second-order valence-corrected chi connectivity index (χ2v) is 6.60. The van der Waals surface area contributed by atoms with Gasteiger partial charge in [-0.1, -0.05) is 6.07 Å². The Labute approximate surface area is 169 Å². The fraction of sp³-hybridized carbons (Fsp3) is 0.0435. The molecular weight excluding hydrogens is 392 g/mol. The highest BCUT2D eigenvalue weighted by Gasteiger charge is 2.22. The minimum atomic E-state index is -1.18. The van der Waals surface area contributed by atoms with Crippen molar-refractivity contribution in [3.63, 3.8) is 0 Å². The van der Waals surface area contributed by atoms with Crippen molar-refractivity contribution >= 4 is 22.8 Å². The molecule has 0 unspecified atom stereocenters. The van der Waals surface area contributed by atoms with Gasteiger partial charge in [0, 0.05) is 23.6 Å². The predicted molar refractivity (Wildman–Crippen MR) is 107 cm³/mol. The average Bonchev–Trinajstić information content (AvgIpc) is 3.12. The number of carboxylic acids is 1. The Kier molecular flexibility index (Phi) is 4.79. The number of hydrogen-bond acceptors (Lipinski definition) is 3. The molecule has 7 heteroatoms. The highest BCUT2D eigenvalue weighted by atomic mass is 19.1. The largest absolute Gasteiger partial charge is 0.478 e. The lowest BCUT2D eigenvalue weighted by Crippen LogP contribution is -2.18. The van der Waals surface area contributed by atoms with E-state index in [0.29, 0.717) is 22.1 Å². The van der Waals surface area contributed by atoms with Crippen molar-refractivity contribution in [1.29, 1.82) is 0 Å². The maximum atomic E-state index is 14.4. The molecule has 0 fully saturated rings. The molecule has 4 aromatic rings. The van der Waals surface area contributed by atoms with Crippen LogP contribution in [-0.2, 0) is 0 Å². The Morgan fingerprint density at radius 1 is 0.933 bits per heavy atom. The van der Waals surface area contributed by atoms with Crippen LogP contribution in [0.25, 0.3) is 33.4 Å². The molecule has 1 amide bonds. The maximum Gasteiger partial charge on any atom is 0.335 e. The molecule has 1 heterocycles. The number of amides is 1. The summed E-state index contributed by atoms with van der Waals surface area (Å²) < 4.78 is 33.6. The molecule has 0 atom stereocenters. The molecule has 2 N–H and O–H groups in total.